The van der Waals surface area contributed by atoms with Crippen molar-refractivity contribution in [1.29, 1.82) is 0 Å². The highest BCUT2D eigenvalue weighted by molar-refractivity contribution is 6.35. The first-order valence-electron chi connectivity index (χ1n) is 13.3. The number of rotatable bonds is 7. The number of para-hydroxylation sites is 1. The zero-order chi connectivity index (χ0) is 30.2. The average Bonchev–Trinajstić information content (AvgIpc) is 3.29. The summed E-state index contributed by atoms with van der Waals surface area (Å²) in [5.74, 6) is -1.27. The number of carbonyl (C=O) groups excluding carboxylic acids is 4. The summed E-state index contributed by atoms with van der Waals surface area (Å²) < 4.78 is 10.8. The van der Waals surface area contributed by atoms with E-state index in [0.29, 0.717) is 55.3 Å². The molecule has 0 bridgehead atoms. The van der Waals surface area contributed by atoms with Gasteiger partial charge in [0.25, 0.3) is 11.8 Å². The predicted octanol–water partition coefficient (Wildman–Crippen LogP) is 6.79. The molecule has 0 radical (unpaired) electrons. The van der Waals surface area contributed by atoms with Crippen LogP contribution in [0.1, 0.15) is 48.4 Å². The Morgan fingerprint density at radius 2 is 1.49 bits per heavy atom. The van der Waals surface area contributed by atoms with Crippen LogP contribution in [-0.4, -0.2) is 41.8 Å². The zero-order valence-electron chi connectivity index (χ0n) is 23.0. The lowest BCUT2D eigenvalue weighted by atomic mass is 10.0. The number of nitrogens with zero attached hydrogens (tertiary/aromatic N) is 2. The third kappa shape index (κ3) is 5.02. The number of anilines is 1. The SMILES string of the molecule is COc1ccc(C(=O)C(C)OC(=O)c2cc(-c3ccc(N4C(=O)c5ccccc5C4=O)cc3)nc3c(Cl)cccc23)cc1. The number of hydrogen-bond acceptors (Lipinski definition) is 7. The van der Waals surface area contributed by atoms with Gasteiger partial charge in [-0.25, -0.2) is 14.7 Å². The van der Waals surface area contributed by atoms with Gasteiger partial charge in [0.1, 0.15) is 5.75 Å². The molecular weight excluding hydrogens is 568 g/mol. The molecule has 0 saturated carbocycles. The maximum absolute atomic E-state index is 13.5. The van der Waals surface area contributed by atoms with Crippen molar-refractivity contribution in [2.45, 2.75) is 13.0 Å². The number of hydrogen-bond donors (Lipinski definition) is 0. The fraction of sp³-hybridized carbons (Fsp3) is 0.0882. The molecule has 1 aromatic heterocycles. The quantitative estimate of drug-likeness (QED) is 0.117. The smallest absolute Gasteiger partial charge is 0.339 e. The number of carbonyl (C=O) groups is 4. The summed E-state index contributed by atoms with van der Waals surface area (Å²) in [6.45, 7) is 1.51. The molecule has 9 heteroatoms. The molecule has 0 fully saturated rings. The van der Waals surface area contributed by atoms with Crippen molar-refractivity contribution in [3.8, 4) is 17.0 Å². The number of aromatic nitrogens is 1. The minimum absolute atomic E-state index is 0.182. The molecule has 0 aliphatic carbocycles. The number of ketones is 1. The molecule has 1 unspecified atom stereocenters. The van der Waals surface area contributed by atoms with Gasteiger partial charge in [0.2, 0.25) is 5.78 Å². The van der Waals surface area contributed by atoms with E-state index < -0.39 is 23.9 Å². The minimum atomic E-state index is -1.06. The van der Waals surface area contributed by atoms with Crippen LogP contribution in [0.2, 0.25) is 5.02 Å². The molecule has 43 heavy (non-hydrogen) atoms. The van der Waals surface area contributed by atoms with Gasteiger partial charge in [-0.15, -0.1) is 0 Å². The zero-order valence-corrected chi connectivity index (χ0v) is 23.8. The van der Waals surface area contributed by atoms with E-state index in [-0.39, 0.29) is 11.3 Å². The second-order valence-electron chi connectivity index (χ2n) is 9.87. The third-order valence-electron chi connectivity index (χ3n) is 7.25. The van der Waals surface area contributed by atoms with Crippen LogP contribution in [0.3, 0.4) is 0 Å². The Hall–Kier alpha value is -5.34. The molecule has 212 valence electrons. The summed E-state index contributed by atoms with van der Waals surface area (Å²) in [7, 11) is 1.53. The molecule has 5 aromatic rings. The van der Waals surface area contributed by atoms with Crippen molar-refractivity contribution in [3.05, 3.63) is 124 Å². The Morgan fingerprint density at radius 3 is 2.12 bits per heavy atom. The van der Waals surface area contributed by atoms with Crippen LogP contribution in [-0.2, 0) is 4.74 Å². The summed E-state index contributed by atoms with van der Waals surface area (Å²) in [5, 5.41) is 0.798. The lowest BCUT2D eigenvalue weighted by molar-refractivity contribution is 0.0320. The number of Topliss-reactive ketones (excluding diaryl/α,β-unsaturated/α-hetero) is 1. The van der Waals surface area contributed by atoms with Crippen molar-refractivity contribution in [2.75, 3.05) is 12.0 Å². The molecule has 4 aromatic carbocycles. The predicted molar refractivity (Wildman–Crippen MR) is 162 cm³/mol. The molecule has 8 nitrogen and oxygen atoms in total. The molecule has 0 saturated heterocycles. The van der Waals surface area contributed by atoms with E-state index in [2.05, 4.69) is 4.98 Å². The van der Waals surface area contributed by atoms with Gasteiger partial charge >= 0.3 is 5.97 Å². The van der Waals surface area contributed by atoms with Gasteiger partial charge in [-0.05, 0) is 67.6 Å². The number of amides is 2. The van der Waals surface area contributed by atoms with Crippen molar-refractivity contribution >= 4 is 51.8 Å². The molecule has 1 atom stereocenters. The summed E-state index contributed by atoms with van der Waals surface area (Å²) in [4.78, 5) is 58.1. The van der Waals surface area contributed by atoms with Crippen molar-refractivity contribution in [1.82, 2.24) is 4.98 Å². The lowest BCUT2D eigenvalue weighted by Gasteiger charge is -2.16. The third-order valence-corrected chi connectivity index (χ3v) is 7.56. The highest BCUT2D eigenvalue weighted by Gasteiger charge is 2.36. The first-order chi connectivity index (χ1) is 20.8. The van der Waals surface area contributed by atoms with Crippen LogP contribution in [0, 0.1) is 0 Å². The largest absolute Gasteiger partial charge is 0.497 e. The summed E-state index contributed by atoms with van der Waals surface area (Å²) in [5.41, 5.74) is 3.07. The summed E-state index contributed by atoms with van der Waals surface area (Å²) in [6, 6.07) is 26.5. The van der Waals surface area contributed by atoms with E-state index in [1.54, 1.807) is 97.1 Å². The Bertz CT molecular complexity index is 1900. The Morgan fingerprint density at radius 1 is 0.837 bits per heavy atom. The van der Waals surface area contributed by atoms with E-state index in [9.17, 15) is 19.2 Å². The van der Waals surface area contributed by atoms with Crippen LogP contribution in [0.5, 0.6) is 5.75 Å². The first kappa shape index (κ1) is 27.8. The standard InChI is InChI=1S/C34H23ClN2O6/c1-19(31(38)21-12-16-23(42-2)17-13-21)43-34(41)27-18-29(36-30-24(27)8-5-9-28(30)35)20-10-14-22(15-11-20)37-32(39)25-6-3-4-7-26(25)33(37)40/h3-19H,1-2H3. The highest BCUT2D eigenvalue weighted by Crippen LogP contribution is 2.33. The number of ether oxygens (including phenoxy) is 2. The minimum Gasteiger partial charge on any atom is -0.497 e. The van der Waals surface area contributed by atoms with Gasteiger partial charge in [0.05, 0.1) is 45.7 Å². The topological polar surface area (TPSA) is 103 Å². The van der Waals surface area contributed by atoms with E-state index in [1.807, 2.05) is 0 Å². The summed E-state index contributed by atoms with van der Waals surface area (Å²) in [6.07, 6.45) is -1.06. The molecule has 6 rings (SSSR count). The molecule has 2 heterocycles. The number of benzene rings is 4. The number of fused-ring (bicyclic) bond motifs is 2. The molecule has 0 spiro atoms. The fourth-order valence-electron chi connectivity index (χ4n) is 5.00. The Balaban J connectivity index is 1.31. The van der Waals surface area contributed by atoms with E-state index >= 15 is 0 Å². The fourth-order valence-corrected chi connectivity index (χ4v) is 5.22. The van der Waals surface area contributed by atoms with E-state index in [0.717, 1.165) is 4.90 Å². The van der Waals surface area contributed by atoms with Crippen molar-refractivity contribution < 1.29 is 28.7 Å². The number of imide groups is 1. The average molecular weight is 591 g/mol. The lowest BCUT2D eigenvalue weighted by Crippen LogP contribution is -2.29. The van der Waals surface area contributed by atoms with Crippen LogP contribution >= 0.6 is 11.6 Å². The first-order valence-corrected chi connectivity index (χ1v) is 13.7. The van der Waals surface area contributed by atoms with Crippen LogP contribution in [0.15, 0.2) is 97.1 Å². The van der Waals surface area contributed by atoms with Crippen molar-refractivity contribution in [2.24, 2.45) is 0 Å². The van der Waals surface area contributed by atoms with Gasteiger partial charge in [0.15, 0.2) is 6.10 Å². The van der Waals surface area contributed by atoms with Crippen LogP contribution < -0.4 is 9.64 Å². The van der Waals surface area contributed by atoms with Gasteiger partial charge in [0, 0.05) is 16.5 Å². The number of halogens is 1. The van der Waals surface area contributed by atoms with Gasteiger partial charge in [-0.1, -0.05) is 48.0 Å². The Kier molecular flexibility index (Phi) is 7.21. The van der Waals surface area contributed by atoms with Crippen molar-refractivity contribution in [3.63, 3.8) is 0 Å². The number of pyridine rings is 1. The normalized spacial score (nSPS) is 13.1. The maximum Gasteiger partial charge on any atom is 0.339 e. The molecule has 1 aliphatic rings. The number of methoxy groups -OCH3 is 1. The molecule has 1 aliphatic heterocycles. The summed E-state index contributed by atoms with van der Waals surface area (Å²) >= 11 is 6.48. The monoisotopic (exact) mass is 590 g/mol. The van der Waals surface area contributed by atoms with Gasteiger partial charge in [-0.2, -0.15) is 0 Å². The van der Waals surface area contributed by atoms with E-state index in [4.69, 9.17) is 21.1 Å². The highest BCUT2D eigenvalue weighted by atomic mass is 35.5. The molecular formula is C34H23ClN2O6. The molecule has 0 N–H and O–H groups in total. The van der Waals surface area contributed by atoms with Gasteiger partial charge in [-0.3, -0.25) is 14.4 Å². The van der Waals surface area contributed by atoms with E-state index in [1.165, 1.54) is 14.0 Å². The van der Waals surface area contributed by atoms with Crippen LogP contribution in [0.25, 0.3) is 22.2 Å². The van der Waals surface area contributed by atoms with Crippen LogP contribution in [0.4, 0.5) is 5.69 Å². The maximum atomic E-state index is 13.5. The second kappa shape index (κ2) is 11.2. The second-order valence-corrected chi connectivity index (χ2v) is 10.3. The van der Waals surface area contributed by atoms with Gasteiger partial charge < -0.3 is 9.47 Å². The Labute approximate surface area is 251 Å². The number of esters is 1. The molecule has 2 amide bonds.